The molecule has 0 unspecified atom stereocenters. The third-order valence-corrected chi connectivity index (χ3v) is 7.10. The Bertz CT molecular complexity index is 1140. The van der Waals surface area contributed by atoms with Crippen LogP contribution < -0.4 is 15.0 Å². The molecule has 1 fully saturated rings. The maximum absolute atomic E-state index is 14.6. The number of methoxy groups -OCH3 is 1. The summed E-state index contributed by atoms with van der Waals surface area (Å²) in [6, 6.07) is 14.7. The third-order valence-electron chi connectivity index (χ3n) is 6.23. The molecule has 0 spiro atoms. The molecule has 4 rings (SSSR count). The number of nitrogens with one attached hydrogen (secondary N) is 1. The zero-order valence-corrected chi connectivity index (χ0v) is 20.2. The first-order valence-electron chi connectivity index (χ1n) is 11.5. The molecule has 0 aliphatic heterocycles. The number of halogens is 1. The molecular formula is C27H29FN2O3S. The van der Waals surface area contributed by atoms with Crippen LogP contribution in [0.1, 0.15) is 47.7 Å². The highest BCUT2D eigenvalue weighted by Crippen LogP contribution is 2.32. The molecular weight excluding hydrogens is 451 g/mol. The van der Waals surface area contributed by atoms with Gasteiger partial charge in [0.15, 0.2) is 0 Å². The predicted molar refractivity (Wildman–Crippen MR) is 133 cm³/mol. The first-order valence-corrected chi connectivity index (χ1v) is 12.4. The van der Waals surface area contributed by atoms with E-state index in [1.54, 1.807) is 50.4 Å². The molecule has 2 amide bonds. The Hall–Kier alpha value is -3.19. The van der Waals surface area contributed by atoms with Crippen molar-refractivity contribution in [3.8, 4) is 5.75 Å². The number of aryl methyl sites for hydroxylation is 1. The van der Waals surface area contributed by atoms with E-state index in [0.717, 1.165) is 30.6 Å². The molecule has 5 nitrogen and oxygen atoms in total. The fourth-order valence-corrected chi connectivity index (χ4v) is 5.09. The maximum Gasteiger partial charge on any atom is 0.248 e. The zero-order valence-electron chi connectivity index (χ0n) is 19.4. The van der Waals surface area contributed by atoms with Crippen LogP contribution in [0.2, 0.25) is 0 Å². The Kier molecular flexibility index (Phi) is 7.63. The van der Waals surface area contributed by atoms with E-state index in [0.29, 0.717) is 22.6 Å². The van der Waals surface area contributed by atoms with Gasteiger partial charge in [0.2, 0.25) is 11.8 Å². The van der Waals surface area contributed by atoms with Gasteiger partial charge < -0.3 is 10.1 Å². The molecule has 1 aromatic heterocycles. The van der Waals surface area contributed by atoms with E-state index >= 15 is 0 Å². The summed E-state index contributed by atoms with van der Waals surface area (Å²) >= 11 is 1.48. The Labute approximate surface area is 203 Å². The van der Waals surface area contributed by atoms with Gasteiger partial charge >= 0.3 is 0 Å². The van der Waals surface area contributed by atoms with E-state index in [9.17, 15) is 14.0 Å². The molecule has 0 saturated heterocycles. The summed E-state index contributed by atoms with van der Waals surface area (Å²) in [5.74, 6) is -0.398. The summed E-state index contributed by atoms with van der Waals surface area (Å²) in [7, 11) is 1.56. The fourth-order valence-electron chi connectivity index (χ4n) is 4.40. The minimum Gasteiger partial charge on any atom is -0.497 e. The first kappa shape index (κ1) is 24.0. The lowest BCUT2D eigenvalue weighted by Crippen LogP contribution is -2.47. The van der Waals surface area contributed by atoms with Crippen LogP contribution in [-0.2, 0) is 16.0 Å². The largest absolute Gasteiger partial charge is 0.497 e. The molecule has 178 valence electrons. The molecule has 1 aliphatic rings. The number of ether oxygens (including phenoxy) is 1. The minimum absolute atomic E-state index is 0.0737. The Morgan fingerprint density at radius 2 is 1.94 bits per heavy atom. The van der Waals surface area contributed by atoms with Crippen LogP contribution in [0.3, 0.4) is 0 Å². The quantitative estimate of drug-likeness (QED) is 0.458. The summed E-state index contributed by atoms with van der Waals surface area (Å²) in [6.07, 6.45) is 4.08. The summed E-state index contributed by atoms with van der Waals surface area (Å²) < 4.78 is 20.0. The molecule has 0 radical (unpaired) electrons. The lowest BCUT2D eigenvalue weighted by molar-refractivity contribution is -0.127. The van der Waals surface area contributed by atoms with Crippen molar-refractivity contribution >= 4 is 28.8 Å². The van der Waals surface area contributed by atoms with E-state index in [1.165, 1.54) is 22.3 Å². The number of rotatable bonds is 8. The van der Waals surface area contributed by atoms with Crippen LogP contribution in [-0.4, -0.2) is 25.0 Å². The Morgan fingerprint density at radius 1 is 1.15 bits per heavy atom. The van der Waals surface area contributed by atoms with Crippen molar-refractivity contribution in [2.45, 2.75) is 51.1 Å². The van der Waals surface area contributed by atoms with Crippen LogP contribution in [0, 0.1) is 12.7 Å². The maximum atomic E-state index is 14.6. The van der Waals surface area contributed by atoms with Crippen LogP contribution in [0.25, 0.3) is 0 Å². The van der Waals surface area contributed by atoms with Gasteiger partial charge in [0.25, 0.3) is 0 Å². The van der Waals surface area contributed by atoms with Gasteiger partial charge in [-0.15, -0.1) is 11.3 Å². The van der Waals surface area contributed by atoms with Gasteiger partial charge in [-0.1, -0.05) is 37.1 Å². The molecule has 7 heteroatoms. The molecule has 0 bridgehead atoms. The average Bonchev–Trinajstić information content (AvgIpc) is 3.53. The monoisotopic (exact) mass is 480 g/mol. The smallest absolute Gasteiger partial charge is 0.248 e. The van der Waals surface area contributed by atoms with E-state index in [2.05, 4.69) is 5.32 Å². The van der Waals surface area contributed by atoms with Gasteiger partial charge in [-0.25, -0.2) is 4.39 Å². The van der Waals surface area contributed by atoms with Crippen LogP contribution in [0.4, 0.5) is 10.1 Å². The molecule has 1 aliphatic carbocycles. The topological polar surface area (TPSA) is 58.6 Å². The van der Waals surface area contributed by atoms with Gasteiger partial charge in [-0.2, -0.15) is 0 Å². The van der Waals surface area contributed by atoms with E-state index < -0.39 is 11.9 Å². The SMILES string of the molecule is COc1cccc([C@H](C(=O)NC2CCCC2)N(C(=O)Cc2cccs2)c2ccc(C)c(F)c2)c1. The highest BCUT2D eigenvalue weighted by atomic mass is 32.1. The number of hydrogen-bond acceptors (Lipinski definition) is 4. The summed E-state index contributed by atoms with van der Waals surface area (Å²) in [6.45, 7) is 1.67. The van der Waals surface area contributed by atoms with Crippen molar-refractivity contribution in [2.75, 3.05) is 12.0 Å². The standard InChI is InChI=1S/C27H29FN2O3S/c1-18-12-13-21(16-24(18)28)30(25(31)17-23-11-6-14-34-23)26(19-7-5-10-22(15-19)33-2)27(32)29-20-8-3-4-9-20/h5-7,10-16,20,26H,3-4,8-9,17H2,1-2H3,(H,29,32)/t26-/m1/s1. The number of amides is 2. The van der Waals surface area contributed by atoms with Crippen molar-refractivity contribution in [1.82, 2.24) is 5.32 Å². The first-order chi connectivity index (χ1) is 16.5. The van der Waals surface area contributed by atoms with E-state index in [4.69, 9.17) is 4.74 Å². The molecule has 1 atom stereocenters. The second-order valence-corrected chi connectivity index (χ2v) is 9.65. The number of hydrogen-bond donors (Lipinski definition) is 1. The zero-order chi connectivity index (χ0) is 24.1. The summed E-state index contributed by atoms with van der Waals surface area (Å²) in [5.41, 5.74) is 1.43. The van der Waals surface area contributed by atoms with Crippen LogP contribution >= 0.6 is 11.3 Å². The number of benzene rings is 2. The summed E-state index contributed by atoms with van der Waals surface area (Å²) in [4.78, 5) is 29.8. The minimum atomic E-state index is -0.967. The molecule has 1 heterocycles. The molecule has 2 aromatic carbocycles. The molecule has 34 heavy (non-hydrogen) atoms. The predicted octanol–water partition coefficient (Wildman–Crippen LogP) is 5.58. The van der Waals surface area contributed by atoms with E-state index in [-0.39, 0.29) is 24.3 Å². The second kappa shape index (κ2) is 10.8. The van der Waals surface area contributed by atoms with Crippen LogP contribution in [0.15, 0.2) is 60.0 Å². The van der Waals surface area contributed by atoms with Crippen LogP contribution in [0.5, 0.6) is 5.75 Å². The number of carbonyl (C=O) groups is 2. The third kappa shape index (κ3) is 5.47. The fraction of sp³-hybridized carbons (Fsp3) is 0.333. The normalized spacial score (nSPS) is 14.6. The Morgan fingerprint density at radius 3 is 2.62 bits per heavy atom. The van der Waals surface area contributed by atoms with E-state index in [1.807, 2.05) is 17.5 Å². The average molecular weight is 481 g/mol. The number of thiophene rings is 1. The highest BCUT2D eigenvalue weighted by Gasteiger charge is 2.35. The lowest BCUT2D eigenvalue weighted by Gasteiger charge is -2.32. The highest BCUT2D eigenvalue weighted by molar-refractivity contribution is 7.10. The molecule has 1 saturated carbocycles. The van der Waals surface area contributed by atoms with Gasteiger partial charge in [0, 0.05) is 16.6 Å². The van der Waals surface area contributed by atoms with Gasteiger partial charge in [0.1, 0.15) is 17.6 Å². The van der Waals surface area contributed by atoms with Crippen molar-refractivity contribution in [3.05, 3.63) is 81.8 Å². The second-order valence-electron chi connectivity index (χ2n) is 8.62. The van der Waals surface area contributed by atoms with Crippen molar-refractivity contribution in [3.63, 3.8) is 0 Å². The lowest BCUT2D eigenvalue weighted by atomic mass is 10.0. The van der Waals surface area contributed by atoms with Crippen molar-refractivity contribution in [2.24, 2.45) is 0 Å². The van der Waals surface area contributed by atoms with Crippen molar-refractivity contribution < 1.29 is 18.7 Å². The number of carbonyl (C=O) groups excluding carboxylic acids is 2. The molecule has 3 aromatic rings. The van der Waals surface area contributed by atoms with Crippen molar-refractivity contribution in [1.29, 1.82) is 0 Å². The number of anilines is 1. The Balaban J connectivity index is 1.80. The summed E-state index contributed by atoms with van der Waals surface area (Å²) in [5, 5.41) is 5.05. The van der Waals surface area contributed by atoms with Gasteiger partial charge in [0.05, 0.1) is 13.5 Å². The van der Waals surface area contributed by atoms with Gasteiger partial charge in [-0.3, -0.25) is 14.5 Å². The molecule has 1 N–H and O–H groups in total. The number of nitrogens with zero attached hydrogens (tertiary/aromatic N) is 1. The van der Waals surface area contributed by atoms with Gasteiger partial charge in [-0.05, 0) is 66.6 Å².